The van der Waals surface area contributed by atoms with Crippen LogP contribution >= 0.6 is 0 Å². The van der Waals surface area contributed by atoms with Crippen molar-refractivity contribution in [1.82, 2.24) is 4.90 Å². The molecule has 2 unspecified atom stereocenters. The topological polar surface area (TPSA) is 68.2 Å². The second-order valence-electron chi connectivity index (χ2n) is 16.8. The van der Waals surface area contributed by atoms with Gasteiger partial charge in [0, 0.05) is 26.2 Å². The van der Waals surface area contributed by atoms with Gasteiger partial charge in [-0.15, -0.1) is 0 Å². The summed E-state index contributed by atoms with van der Waals surface area (Å²) < 4.78 is 18.1. The molecule has 0 spiro atoms. The van der Waals surface area contributed by atoms with E-state index in [9.17, 15) is 9.90 Å². The first-order valence-electron chi connectivity index (χ1n) is 22.4. The number of nitrogens with zero attached hydrogens (tertiary/aromatic N) is 1. The molecule has 0 aromatic carbocycles. The summed E-state index contributed by atoms with van der Waals surface area (Å²) in [4.78, 5) is 14.9. The summed E-state index contributed by atoms with van der Waals surface area (Å²) in [5, 5.41) is 9.62. The zero-order valence-electron chi connectivity index (χ0n) is 34.8. The molecule has 52 heavy (non-hydrogen) atoms. The highest BCUT2D eigenvalue weighted by atomic mass is 16.7. The summed E-state index contributed by atoms with van der Waals surface area (Å²) in [7, 11) is 0. The molecule has 0 aromatic rings. The zero-order chi connectivity index (χ0) is 37.5. The van der Waals surface area contributed by atoms with E-state index in [2.05, 4.69) is 56.9 Å². The third kappa shape index (κ3) is 23.5. The molecule has 0 heterocycles. The molecule has 0 aromatic heterocycles. The first-order valence-corrected chi connectivity index (χ1v) is 22.4. The van der Waals surface area contributed by atoms with Crippen LogP contribution in [-0.4, -0.2) is 68.3 Å². The number of carbonyl (C=O) groups excluding carboxylic acids is 1. The summed E-state index contributed by atoms with van der Waals surface area (Å²) in [6.07, 6.45) is 37.7. The van der Waals surface area contributed by atoms with Crippen LogP contribution in [0.5, 0.6) is 0 Å². The van der Waals surface area contributed by atoms with E-state index in [0.717, 1.165) is 134 Å². The molecule has 2 aliphatic rings. The van der Waals surface area contributed by atoms with Gasteiger partial charge in [0.05, 0.1) is 13.2 Å². The number of allylic oxidation sites excluding steroid dienone is 4. The average Bonchev–Trinajstić information content (AvgIpc) is 3.10. The van der Waals surface area contributed by atoms with Crippen LogP contribution < -0.4 is 0 Å². The number of hydrogen-bond acceptors (Lipinski definition) is 6. The number of fused-ring (bicyclic) bond motifs is 2. The van der Waals surface area contributed by atoms with Crippen molar-refractivity contribution in [1.29, 1.82) is 0 Å². The van der Waals surface area contributed by atoms with Gasteiger partial charge in [0.2, 0.25) is 0 Å². The number of ether oxygens (including phenoxy) is 3. The number of hydrogen-bond donors (Lipinski definition) is 1. The maximum Gasteiger partial charge on any atom is 0.305 e. The normalized spacial score (nSPS) is 22.0. The summed E-state index contributed by atoms with van der Waals surface area (Å²) in [6.45, 7) is 14.5. The molecule has 2 atom stereocenters. The van der Waals surface area contributed by atoms with E-state index in [1.54, 1.807) is 0 Å². The third-order valence-electron chi connectivity index (χ3n) is 11.5. The Labute approximate surface area is 322 Å². The van der Waals surface area contributed by atoms with Crippen LogP contribution in [0.3, 0.4) is 0 Å². The molecule has 1 N–H and O–H groups in total. The Bertz CT molecular complexity index is 862. The Morgan fingerprint density at radius 2 is 1.25 bits per heavy atom. The molecule has 304 valence electrons. The third-order valence-corrected chi connectivity index (χ3v) is 11.5. The molecule has 6 nitrogen and oxygen atoms in total. The van der Waals surface area contributed by atoms with Crippen molar-refractivity contribution in [3.05, 3.63) is 24.3 Å². The Morgan fingerprint density at radius 1 is 0.692 bits per heavy atom. The number of carbonyl (C=O) groups is 1. The quantitative estimate of drug-likeness (QED) is 0.0308. The standard InChI is InChI=1S/C46H85NO5/c1-5-7-9-11-18-24-33-51-45(52-34-25-19-12-10-8-6-2)27-21-14-13-16-22-29-47(31-32-48)30-23-17-15-20-26-44(49)50-35-28-46-38-41(3)36-43(40-46)37-42(4)39-46/h7-10,41-43,45,48H,5-6,11-40H2,1-4H3/b9-7-,10-8-. The Morgan fingerprint density at radius 3 is 1.83 bits per heavy atom. The zero-order valence-corrected chi connectivity index (χ0v) is 34.8. The Hall–Kier alpha value is -1.21. The molecular formula is C46H85NO5. The van der Waals surface area contributed by atoms with Crippen molar-refractivity contribution in [2.24, 2.45) is 23.2 Å². The van der Waals surface area contributed by atoms with Gasteiger partial charge in [0.15, 0.2) is 6.29 Å². The van der Waals surface area contributed by atoms with Crippen LogP contribution in [0.4, 0.5) is 0 Å². The predicted octanol–water partition coefficient (Wildman–Crippen LogP) is 12.0. The van der Waals surface area contributed by atoms with Crippen LogP contribution in [0.2, 0.25) is 0 Å². The lowest BCUT2D eigenvalue weighted by Gasteiger charge is -2.50. The lowest BCUT2D eigenvalue weighted by atomic mass is 9.56. The van der Waals surface area contributed by atoms with Gasteiger partial charge in [-0.05, 0) is 158 Å². The van der Waals surface area contributed by atoms with Crippen molar-refractivity contribution in [3.63, 3.8) is 0 Å². The molecular weight excluding hydrogens is 647 g/mol. The molecule has 0 amide bonds. The maximum atomic E-state index is 12.5. The molecule has 2 bridgehead atoms. The van der Waals surface area contributed by atoms with Gasteiger partial charge in [0.1, 0.15) is 0 Å². The largest absolute Gasteiger partial charge is 0.466 e. The monoisotopic (exact) mass is 732 g/mol. The van der Waals surface area contributed by atoms with Crippen LogP contribution in [-0.2, 0) is 19.0 Å². The van der Waals surface area contributed by atoms with E-state index < -0.39 is 0 Å². The van der Waals surface area contributed by atoms with Gasteiger partial charge in [-0.25, -0.2) is 0 Å². The van der Waals surface area contributed by atoms with Gasteiger partial charge in [-0.2, -0.15) is 0 Å². The molecule has 0 aliphatic heterocycles. The fourth-order valence-electron chi connectivity index (χ4n) is 9.22. The van der Waals surface area contributed by atoms with E-state index in [0.29, 0.717) is 18.4 Å². The lowest BCUT2D eigenvalue weighted by Crippen LogP contribution is -2.40. The van der Waals surface area contributed by atoms with E-state index in [4.69, 9.17) is 14.2 Å². The minimum atomic E-state index is -0.0678. The second kappa shape index (κ2) is 31.0. The van der Waals surface area contributed by atoms with Gasteiger partial charge < -0.3 is 24.2 Å². The average molecular weight is 732 g/mol. The molecule has 6 heteroatoms. The Kier molecular flexibility index (Phi) is 28.0. The summed E-state index contributed by atoms with van der Waals surface area (Å²) in [5.41, 5.74) is 0.422. The molecule has 2 fully saturated rings. The maximum absolute atomic E-state index is 12.5. The predicted molar refractivity (Wildman–Crippen MR) is 219 cm³/mol. The molecule has 2 rings (SSSR count). The fourth-order valence-corrected chi connectivity index (χ4v) is 9.22. The van der Waals surface area contributed by atoms with Crippen LogP contribution in [0, 0.1) is 23.2 Å². The minimum absolute atomic E-state index is 0.00444. The van der Waals surface area contributed by atoms with E-state index >= 15 is 0 Å². The van der Waals surface area contributed by atoms with Crippen molar-refractivity contribution in [2.45, 2.75) is 195 Å². The lowest BCUT2D eigenvalue weighted by molar-refractivity contribution is -0.148. The van der Waals surface area contributed by atoms with Gasteiger partial charge >= 0.3 is 5.97 Å². The van der Waals surface area contributed by atoms with Crippen molar-refractivity contribution in [2.75, 3.05) is 46.1 Å². The number of aliphatic hydroxyl groups excluding tert-OH is 1. The highest BCUT2D eigenvalue weighted by molar-refractivity contribution is 5.69. The van der Waals surface area contributed by atoms with Crippen LogP contribution in [0.25, 0.3) is 0 Å². The molecule has 2 saturated carbocycles. The van der Waals surface area contributed by atoms with Crippen molar-refractivity contribution >= 4 is 5.97 Å². The first kappa shape index (κ1) is 46.9. The van der Waals surface area contributed by atoms with Crippen LogP contribution in [0.1, 0.15) is 188 Å². The summed E-state index contributed by atoms with van der Waals surface area (Å²) >= 11 is 0. The highest BCUT2D eigenvalue weighted by Crippen LogP contribution is 2.54. The van der Waals surface area contributed by atoms with Gasteiger partial charge in [-0.1, -0.05) is 84.1 Å². The smallest absolute Gasteiger partial charge is 0.305 e. The summed E-state index contributed by atoms with van der Waals surface area (Å²) in [6, 6.07) is 0. The van der Waals surface area contributed by atoms with Crippen molar-refractivity contribution in [3.8, 4) is 0 Å². The number of unbranched alkanes of at least 4 members (excludes halogenated alkanes) is 11. The first-order chi connectivity index (χ1) is 25.4. The number of aliphatic hydroxyl groups is 1. The van der Waals surface area contributed by atoms with E-state index in [1.165, 1.54) is 70.6 Å². The number of esters is 1. The van der Waals surface area contributed by atoms with Gasteiger partial charge in [0.25, 0.3) is 0 Å². The summed E-state index contributed by atoms with van der Waals surface area (Å²) in [5.74, 6) is 2.53. The van der Waals surface area contributed by atoms with E-state index in [1.807, 2.05) is 0 Å². The number of rotatable bonds is 34. The SMILES string of the molecule is CC/C=C\CCCCOC(CCCCCCCN(CCO)CCCCCCC(=O)OCCC12CC(C)CC(CC(C)C1)C2)OCCCC/C=C\CC. The van der Waals surface area contributed by atoms with Crippen molar-refractivity contribution < 1.29 is 24.1 Å². The Balaban J connectivity index is 1.51. The highest BCUT2D eigenvalue weighted by Gasteiger charge is 2.43. The van der Waals surface area contributed by atoms with Crippen LogP contribution in [0.15, 0.2) is 24.3 Å². The van der Waals surface area contributed by atoms with E-state index in [-0.39, 0.29) is 18.9 Å². The fraction of sp³-hybridized carbons (Fsp3) is 0.891. The van der Waals surface area contributed by atoms with Gasteiger partial charge in [-0.3, -0.25) is 4.79 Å². The second-order valence-corrected chi connectivity index (χ2v) is 16.8. The molecule has 2 aliphatic carbocycles. The minimum Gasteiger partial charge on any atom is -0.466 e. The molecule has 0 saturated heterocycles. The molecule has 0 radical (unpaired) electrons.